The molecule has 0 unspecified atom stereocenters. The molecule has 1 aromatic carbocycles. The Morgan fingerprint density at radius 2 is 2.21 bits per heavy atom. The zero-order valence-corrected chi connectivity index (χ0v) is 7.14. The van der Waals surface area contributed by atoms with E-state index in [-0.39, 0.29) is 11.4 Å². The van der Waals surface area contributed by atoms with Crippen molar-refractivity contribution in [2.45, 2.75) is 0 Å². The number of rotatable bonds is 1. The summed E-state index contributed by atoms with van der Waals surface area (Å²) >= 11 is 0. The molecule has 1 aromatic heterocycles. The van der Waals surface area contributed by atoms with E-state index in [1.54, 1.807) is 24.3 Å². The molecule has 0 radical (unpaired) electrons. The van der Waals surface area contributed by atoms with Gasteiger partial charge in [-0.2, -0.15) is 0 Å². The van der Waals surface area contributed by atoms with Crippen LogP contribution in [-0.4, -0.2) is 21.4 Å². The van der Waals surface area contributed by atoms with Crippen molar-refractivity contribution < 1.29 is 5.21 Å². The van der Waals surface area contributed by atoms with Gasteiger partial charge in [0, 0.05) is 0 Å². The van der Waals surface area contributed by atoms with Crippen molar-refractivity contribution in [1.82, 2.24) is 9.97 Å². The molecular weight excluding hydrogens is 182 g/mol. The molecule has 5 nitrogen and oxygen atoms in total. The molecule has 0 aliphatic heterocycles. The highest BCUT2D eigenvalue weighted by atomic mass is 16.4. The molecule has 1 heterocycles. The van der Waals surface area contributed by atoms with Gasteiger partial charge in [0.1, 0.15) is 6.21 Å². The highest BCUT2D eigenvalue weighted by Crippen LogP contribution is 2.04. The van der Waals surface area contributed by atoms with Crippen LogP contribution in [0.3, 0.4) is 0 Å². The van der Waals surface area contributed by atoms with Crippen molar-refractivity contribution in [2.24, 2.45) is 5.16 Å². The third-order valence-electron chi connectivity index (χ3n) is 1.81. The summed E-state index contributed by atoms with van der Waals surface area (Å²) in [7, 11) is 0. The molecule has 14 heavy (non-hydrogen) atoms. The molecule has 0 spiro atoms. The van der Waals surface area contributed by atoms with E-state index in [0.29, 0.717) is 10.9 Å². The first-order valence-corrected chi connectivity index (χ1v) is 3.98. The Kier molecular flexibility index (Phi) is 1.98. The van der Waals surface area contributed by atoms with E-state index in [1.807, 2.05) is 0 Å². The molecule has 0 bridgehead atoms. The normalized spacial score (nSPS) is 11.1. The van der Waals surface area contributed by atoms with Crippen molar-refractivity contribution in [1.29, 1.82) is 0 Å². The van der Waals surface area contributed by atoms with Gasteiger partial charge in [-0.25, -0.2) is 4.98 Å². The minimum atomic E-state index is -0.245. The standard InChI is InChI=1S/C9H7N3O2/c13-9-6-3-1-2-4-7(6)11-8(12-9)5-10-14/h1-5,14H,(H,11,12,13). The molecule has 2 aromatic rings. The van der Waals surface area contributed by atoms with Crippen LogP contribution in [0.1, 0.15) is 5.82 Å². The van der Waals surface area contributed by atoms with Crippen LogP contribution < -0.4 is 5.56 Å². The fraction of sp³-hybridized carbons (Fsp3) is 0. The average Bonchev–Trinajstić information content (AvgIpc) is 2.18. The Morgan fingerprint density at radius 1 is 1.43 bits per heavy atom. The number of oxime groups is 1. The Hall–Kier alpha value is -2.17. The van der Waals surface area contributed by atoms with Crippen LogP contribution in [0.2, 0.25) is 0 Å². The van der Waals surface area contributed by atoms with Crippen LogP contribution in [-0.2, 0) is 0 Å². The minimum Gasteiger partial charge on any atom is -0.411 e. The second-order valence-electron chi connectivity index (χ2n) is 2.71. The Bertz CT molecular complexity index is 545. The predicted molar refractivity (Wildman–Crippen MR) is 51.7 cm³/mol. The maximum Gasteiger partial charge on any atom is 0.259 e. The van der Waals surface area contributed by atoms with Crippen LogP contribution in [0.5, 0.6) is 0 Å². The van der Waals surface area contributed by atoms with Gasteiger partial charge in [-0.05, 0) is 12.1 Å². The van der Waals surface area contributed by atoms with Gasteiger partial charge in [0.2, 0.25) is 0 Å². The molecule has 0 amide bonds. The summed E-state index contributed by atoms with van der Waals surface area (Å²) in [5.74, 6) is 0.233. The summed E-state index contributed by atoms with van der Waals surface area (Å²) in [4.78, 5) is 18.0. The fourth-order valence-corrected chi connectivity index (χ4v) is 1.22. The monoisotopic (exact) mass is 189 g/mol. The number of para-hydroxylation sites is 1. The SMILES string of the molecule is O=c1[nH]c(C=NO)nc2ccccc12. The second kappa shape index (κ2) is 3.29. The van der Waals surface area contributed by atoms with Gasteiger partial charge in [-0.3, -0.25) is 4.79 Å². The van der Waals surface area contributed by atoms with Gasteiger partial charge in [0.25, 0.3) is 5.56 Å². The van der Waals surface area contributed by atoms with Crippen molar-refractivity contribution in [2.75, 3.05) is 0 Å². The largest absolute Gasteiger partial charge is 0.411 e. The molecule has 5 heteroatoms. The number of fused-ring (bicyclic) bond motifs is 1. The summed E-state index contributed by atoms with van der Waals surface area (Å²) in [6.07, 6.45) is 1.08. The van der Waals surface area contributed by atoms with Crippen molar-refractivity contribution in [3.05, 3.63) is 40.4 Å². The van der Waals surface area contributed by atoms with Crippen molar-refractivity contribution in [3.63, 3.8) is 0 Å². The van der Waals surface area contributed by atoms with Gasteiger partial charge < -0.3 is 10.2 Å². The topological polar surface area (TPSA) is 78.3 Å². The third kappa shape index (κ3) is 1.35. The Labute approximate surface area is 78.7 Å². The lowest BCUT2D eigenvalue weighted by Crippen LogP contribution is -2.11. The lowest BCUT2D eigenvalue weighted by Gasteiger charge is -1.96. The third-order valence-corrected chi connectivity index (χ3v) is 1.81. The first-order chi connectivity index (χ1) is 6.81. The van der Waals surface area contributed by atoms with Crippen LogP contribution in [0.15, 0.2) is 34.2 Å². The van der Waals surface area contributed by atoms with E-state index < -0.39 is 0 Å². The molecule has 0 aliphatic rings. The zero-order valence-electron chi connectivity index (χ0n) is 7.14. The second-order valence-corrected chi connectivity index (χ2v) is 2.71. The molecule has 2 N–H and O–H groups in total. The molecular formula is C9H7N3O2. The Balaban J connectivity index is 2.79. The number of hydrogen-bond acceptors (Lipinski definition) is 4. The van der Waals surface area contributed by atoms with Crippen LogP contribution >= 0.6 is 0 Å². The first kappa shape index (κ1) is 8.43. The molecule has 70 valence electrons. The maximum absolute atomic E-state index is 11.4. The Morgan fingerprint density at radius 3 is 3.00 bits per heavy atom. The van der Waals surface area contributed by atoms with Crippen LogP contribution in [0.4, 0.5) is 0 Å². The van der Waals surface area contributed by atoms with E-state index in [1.165, 1.54) is 0 Å². The number of nitrogens with one attached hydrogen (secondary N) is 1. The summed E-state index contributed by atoms with van der Waals surface area (Å²) in [5.41, 5.74) is 0.330. The number of benzene rings is 1. The van der Waals surface area contributed by atoms with Crippen LogP contribution in [0, 0.1) is 0 Å². The summed E-state index contributed by atoms with van der Waals surface area (Å²) in [6, 6.07) is 6.95. The molecule has 0 atom stereocenters. The lowest BCUT2D eigenvalue weighted by molar-refractivity contribution is 0.321. The van der Waals surface area contributed by atoms with E-state index in [4.69, 9.17) is 5.21 Å². The van der Waals surface area contributed by atoms with Gasteiger partial charge in [-0.15, -0.1) is 0 Å². The molecule has 2 rings (SSSR count). The lowest BCUT2D eigenvalue weighted by atomic mass is 10.2. The summed E-state index contributed by atoms with van der Waals surface area (Å²) in [5, 5.41) is 11.6. The van der Waals surface area contributed by atoms with E-state index in [9.17, 15) is 4.79 Å². The van der Waals surface area contributed by atoms with Gasteiger partial charge >= 0.3 is 0 Å². The van der Waals surface area contributed by atoms with Gasteiger partial charge in [0.15, 0.2) is 5.82 Å². The number of H-pyrrole nitrogens is 1. The quantitative estimate of drug-likeness (QED) is 0.394. The first-order valence-electron chi connectivity index (χ1n) is 3.98. The van der Waals surface area contributed by atoms with Crippen LogP contribution in [0.25, 0.3) is 10.9 Å². The molecule has 0 aliphatic carbocycles. The zero-order chi connectivity index (χ0) is 9.97. The highest BCUT2D eigenvalue weighted by molar-refractivity contribution is 5.82. The highest BCUT2D eigenvalue weighted by Gasteiger charge is 2.00. The van der Waals surface area contributed by atoms with Crippen molar-refractivity contribution in [3.8, 4) is 0 Å². The number of nitrogens with zero attached hydrogens (tertiary/aromatic N) is 2. The molecule has 0 saturated carbocycles. The fourth-order valence-electron chi connectivity index (χ4n) is 1.22. The number of hydrogen-bond donors (Lipinski definition) is 2. The minimum absolute atomic E-state index is 0.233. The molecule has 0 fully saturated rings. The van der Waals surface area contributed by atoms with E-state index >= 15 is 0 Å². The molecule has 0 saturated heterocycles. The average molecular weight is 189 g/mol. The van der Waals surface area contributed by atoms with E-state index in [0.717, 1.165) is 6.21 Å². The van der Waals surface area contributed by atoms with Gasteiger partial charge in [-0.1, -0.05) is 17.3 Å². The summed E-state index contributed by atoms with van der Waals surface area (Å²) < 4.78 is 0. The smallest absolute Gasteiger partial charge is 0.259 e. The van der Waals surface area contributed by atoms with Crippen molar-refractivity contribution >= 4 is 17.1 Å². The maximum atomic E-state index is 11.4. The predicted octanol–water partition coefficient (Wildman–Crippen LogP) is 0.731. The number of aromatic nitrogens is 2. The van der Waals surface area contributed by atoms with Gasteiger partial charge in [0.05, 0.1) is 10.9 Å². The number of aromatic amines is 1. The van der Waals surface area contributed by atoms with E-state index in [2.05, 4.69) is 15.1 Å². The summed E-state index contributed by atoms with van der Waals surface area (Å²) in [6.45, 7) is 0.